The molecule has 1 aliphatic rings. The fraction of sp³-hybridized carbons (Fsp3) is 0.556. The molecular formula is C18H27NO2. The van der Waals surface area contributed by atoms with Gasteiger partial charge in [-0.25, -0.2) is 0 Å². The normalized spacial score (nSPS) is 22.0. The molecule has 2 N–H and O–H groups in total. The fourth-order valence-corrected chi connectivity index (χ4v) is 3.13. The van der Waals surface area contributed by atoms with E-state index >= 15 is 0 Å². The smallest absolute Gasteiger partial charge is 0.124 e. The van der Waals surface area contributed by atoms with E-state index in [1.807, 2.05) is 18.2 Å². The fourth-order valence-electron chi connectivity index (χ4n) is 3.13. The van der Waals surface area contributed by atoms with Crippen LogP contribution in [-0.4, -0.2) is 24.9 Å². The molecule has 0 saturated heterocycles. The number of hydrogen-bond acceptors (Lipinski definition) is 3. The van der Waals surface area contributed by atoms with Crippen LogP contribution in [0.5, 0.6) is 5.75 Å². The molecule has 1 fully saturated rings. The number of aliphatic hydroxyl groups excluding tert-OH is 1. The highest BCUT2D eigenvalue weighted by Gasteiger charge is 2.23. The summed E-state index contributed by atoms with van der Waals surface area (Å²) in [6.07, 6.45) is 6.72. The van der Waals surface area contributed by atoms with Gasteiger partial charge in [0.2, 0.25) is 0 Å². The van der Waals surface area contributed by atoms with E-state index in [1.54, 1.807) is 6.08 Å². The maximum Gasteiger partial charge on any atom is 0.124 e. The Labute approximate surface area is 128 Å². The van der Waals surface area contributed by atoms with Gasteiger partial charge in [-0.05, 0) is 37.3 Å². The molecule has 0 radical (unpaired) electrons. The molecule has 3 nitrogen and oxygen atoms in total. The van der Waals surface area contributed by atoms with Gasteiger partial charge in [0.05, 0.1) is 0 Å². The maximum atomic E-state index is 9.46. The third kappa shape index (κ3) is 4.87. The first-order valence-electron chi connectivity index (χ1n) is 7.98. The lowest BCUT2D eigenvalue weighted by molar-refractivity contribution is 0.133. The minimum absolute atomic E-state index is 0.325. The maximum absolute atomic E-state index is 9.46. The summed E-state index contributed by atoms with van der Waals surface area (Å²) in [6, 6.07) is 8.12. The van der Waals surface area contributed by atoms with Crippen molar-refractivity contribution in [2.75, 3.05) is 19.8 Å². The highest BCUT2D eigenvalue weighted by molar-refractivity contribution is 5.33. The quantitative estimate of drug-likeness (QED) is 0.722. The zero-order chi connectivity index (χ0) is 14.9. The minimum atomic E-state index is 0.325. The summed E-state index contributed by atoms with van der Waals surface area (Å²) in [7, 11) is 0. The van der Waals surface area contributed by atoms with Crippen LogP contribution in [0.15, 0.2) is 36.9 Å². The molecule has 21 heavy (non-hydrogen) atoms. The van der Waals surface area contributed by atoms with Crippen LogP contribution in [0.4, 0.5) is 0 Å². The molecule has 0 bridgehead atoms. The standard InChI is InChI=1S/C18H27NO2/c1-2-11-21-18-10-6-5-8-16(18)13-19-12-15-7-3-4-9-17(15)14-20/h2,5-6,8,10,15,17,19-20H,1,3-4,7,9,11-14H2. The van der Waals surface area contributed by atoms with Crippen molar-refractivity contribution < 1.29 is 9.84 Å². The third-order valence-electron chi connectivity index (χ3n) is 4.35. The van der Waals surface area contributed by atoms with Gasteiger partial charge >= 0.3 is 0 Å². The molecule has 3 heteroatoms. The summed E-state index contributed by atoms with van der Waals surface area (Å²) < 4.78 is 5.67. The molecule has 0 aliphatic heterocycles. The Morgan fingerprint density at radius 2 is 2.00 bits per heavy atom. The van der Waals surface area contributed by atoms with E-state index in [1.165, 1.54) is 31.2 Å². The van der Waals surface area contributed by atoms with Crippen LogP contribution >= 0.6 is 0 Å². The Balaban J connectivity index is 1.83. The summed E-state index contributed by atoms with van der Waals surface area (Å²) in [6.45, 7) is 6.32. The molecule has 1 aromatic carbocycles. The predicted molar refractivity (Wildman–Crippen MR) is 86.4 cm³/mol. The third-order valence-corrected chi connectivity index (χ3v) is 4.35. The summed E-state index contributed by atoms with van der Waals surface area (Å²) in [5, 5.41) is 13.0. The van der Waals surface area contributed by atoms with Crippen molar-refractivity contribution in [2.45, 2.75) is 32.2 Å². The van der Waals surface area contributed by atoms with Crippen molar-refractivity contribution in [3.8, 4) is 5.75 Å². The summed E-state index contributed by atoms with van der Waals surface area (Å²) in [5.41, 5.74) is 1.18. The zero-order valence-electron chi connectivity index (χ0n) is 12.8. The first-order chi connectivity index (χ1) is 10.3. The molecule has 0 spiro atoms. The van der Waals surface area contributed by atoms with E-state index in [4.69, 9.17) is 4.74 Å². The Morgan fingerprint density at radius 3 is 2.76 bits per heavy atom. The molecular weight excluding hydrogens is 262 g/mol. The highest BCUT2D eigenvalue weighted by atomic mass is 16.5. The van der Waals surface area contributed by atoms with Gasteiger partial charge in [-0.1, -0.05) is 43.7 Å². The monoisotopic (exact) mass is 289 g/mol. The van der Waals surface area contributed by atoms with E-state index in [0.717, 1.165) is 18.8 Å². The Hall–Kier alpha value is -1.32. The van der Waals surface area contributed by atoms with E-state index < -0.39 is 0 Å². The van der Waals surface area contributed by atoms with Gasteiger partial charge in [-0.15, -0.1) is 0 Å². The average Bonchev–Trinajstić information content (AvgIpc) is 2.54. The van der Waals surface area contributed by atoms with Crippen molar-refractivity contribution in [3.05, 3.63) is 42.5 Å². The minimum Gasteiger partial charge on any atom is -0.489 e. The van der Waals surface area contributed by atoms with Gasteiger partial charge in [0, 0.05) is 18.7 Å². The van der Waals surface area contributed by atoms with Gasteiger partial charge in [-0.3, -0.25) is 0 Å². The number of aliphatic hydroxyl groups is 1. The SMILES string of the molecule is C=CCOc1ccccc1CNCC1CCCCC1CO. The summed E-state index contributed by atoms with van der Waals surface area (Å²) in [4.78, 5) is 0. The van der Waals surface area contributed by atoms with Crippen molar-refractivity contribution in [1.29, 1.82) is 0 Å². The van der Waals surface area contributed by atoms with Crippen LogP contribution in [0.2, 0.25) is 0 Å². The van der Waals surface area contributed by atoms with Crippen molar-refractivity contribution in [2.24, 2.45) is 11.8 Å². The summed E-state index contributed by atoms with van der Waals surface area (Å²) in [5.74, 6) is 2.00. The molecule has 0 heterocycles. The average molecular weight is 289 g/mol. The zero-order valence-corrected chi connectivity index (χ0v) is 12.8. The molecule has 2 rings (SSSR count). The van der Waals surface area contributed by atoms with E-state index in [2.05, 4.69) is 18.0 Å². The van der Waals surface area contributed by atoms with Crippen LogP contribution < -0.4 is 10.1 Å². The molecule has 0 aromatic heterocycles. The molecule has 116 valence electrons. The van der Waals surface area contributed by atoms with Gasteiger partial charge < -0.3 is 15.2 Å². The van der Waals surface area contributed by atoms with E-state index in [0.29, 0.717) is 25.0 Å². The summed E-state index contributed by atoms with van der Waals surface area (Å²) >= 11 is 0. The number of benzene rings is 1. The predicted octanol–water partition coefficient (Wildman–Crippen LogP) is 3.14. The Kier molecular flexibility index (Phi) is 6.77. The van der Waals surface area contributed by atoms with Gasteiger partial charge in [0.25, 0.3) is 0 Å². The number of ether oxygens (including phenoxy) is 1. The van der Waals surface area contributed by atoms with Crippen LogP contribution in [0, 0.1) is 11.8 Å². The lowest BCUT2D eigenvalue weighted by Gasteiger charge is -2.30. The van der Waals surface area contributed by atoms with Crippen LogP contribution in [0.3, 0.4) is 0 Å². The van der Waals surface area contributed by atoms with Crippen molar-refractivity contribution >= 4 is 0 Å². The molecule has 1 aliphatic carbocycles. The van der Waals surface area contributed by atoms with E-state index in [9.17, 15) is 5.11 Å². The van der Waals surface area contributed by atoms with Crippen LogP contribution in [-0.2, 0) is 6.54 Å². The van der Waals surface area contributed by atoms with Gasteiger partial charge in [0.15, 0.2) is 0 Å². The van der Waals surface area contributed by atoms with Crippen molar-refractivity contribution in [1.82, 2.24) is 5.32 Å². The number of nitrogens with one attached hydrogen (secondary N) is 1. The molecule has 2 unspecified atom stereocenters. The molecule has 1 aromatic rings. The Bertz CT molecular complexity index is 433. The second-order valence-corrected chi connectivity index (χ2v) is 5.83. The Morgan fingerprint density at radius 1 is 1.24 bits per heavy atom. The van der Waals surface area contributed by atoms with Gasteiger partial charge in [0.1, 0.15) is 12.4 Å². The first kappa shape index (κ1) is 16.1. The lowest BCUT2D eigenvalue weighted by Crippen LogP contribution is -2.32. The number of rotatable bonds is 8. The molecule has 0 amide bonds. The number of hydrogen-bond donors (Lipinski definition) is 2. The second kappa shape index (κ2) is 8.85. The first-order valence-corrected chi connectivity index (χ1v) is 7.98. The lowest BCUT2D eigenvalue weighted by atomic mass is 9.79. The van der Waals surface area contributed by atoms with E-state index in [-0.39, 0.29) is 0 Å². The molecule has 1 saturated carbocycles. The van der Waals surface area contributed by atoms with Crippen molar-refractivity contribution in [3.63, 3.8) is 0 Å². The largest absolute Gasteiger partial charge is 0.489 e. The highest BCUT2D eigenvalue weighted by Crippen LogP contribution is 2.29. The second-order valence-electron chi connectivity index (χ2n) is 5.83. The molecule has 2 atom stereocenters. The van der Waals surface area contributed by atoms with Crippen LogP contribution in [0.1, 0.15) is 31.2 Å². The topological polar surface area (TPSA) is 41.5 Å². The number of para-hydroxylation sites is 1. The van der Waals surface area contributed by atoms with Crippen LogP contribution in [0.25, 0.3) is 0 Å². The van der Waals surface area contributed by atoms with Gasteiger partial charge in [-0.2, -0.15) is 0 Å².